The molecule has 0 bridgehead atoms. The number of nitrogens with two attached hydrogens (primary N) is 1. The molecule has 1 saturated heterocycles. The van der Waals surface area contributed by atoms with E-state index in [0.717, 1.165) is 0 Å². The van der Waals surface area contributed by atoms with Crippen molar-refractivity contribution in [3.05, 3.63) is 6.33 Å². The van der Waals surface area contributed by atoms with E-state index in [1.165, 1.54) is 6.33 Å². The summed E-state index contributed by atoms with van der Waals surface area (Å²) in [7, 11) is 0. The molecule has 5 N–H and O–H groups in total. The van der Waals surface area contributed by atoms with Gasteiger partial charge in [0, 0.05) is 6.42 Å². The maximum atomic E-state index is 9.86. The number of aliphatic hydroxyl groups is 3. The van der Waals surface area contributed by atoms with Crippen molar-refractivity contribution in [1.29, 1.82) is 0 Å². The van der Waals surface area contributed by atoms with Gasteiger partial charge in [-0.2, -0.15) is 9.97 Å². The molecule has 0 aliphatic carbocycles. The first-order chi connectivity index (χ1) is 11.0. The summed E-state index contributed by atoms with van der Waals surface area (Å²) >= 11 is 0. The van der Waals surface area contributed by atoms with E-state index in [1.807, 2.05) is 0 Å². The summed E-state index contributed by atoms with van der Waals surface area (Å²) in [5, 5.41) is 28.4. The average molecular weight is 325 g/mol. The lowest BCUT2D eigenvalue weighted by Gasteiger charge is -2.14. The molecule has 0 aromatic carbocycles. The zero-order valence-electron chi connectivity index (χ0n) is 12.5. The second-order valence-electron chi connectivity index (χ2n) is 5.49. The Morgan fingerprint density at radius 1 is 1.52 bits per heavy atom. The topological polar surface area (TPSA) is 149 Å². The molecular weight excluding hydrogens is 306 g/mol. The number of aliphatic hydroxyl groups excluding tert-OH is 3. The minimum Gasteiger partial charge on any atom is -0.473 e. The summed E-state index contributed by atoms with van der Waals surface area (Å²) in [6.45, 7) is 1.36. The number of imidazole rings is 1. The molecule has 126 valence electrons. The Morgan fingerprint density at radius 3 is 2.96 bits per heavy atom. The summed E-state index contributed by atoms with van der Waals surface area (Å²) in [5.74, 6) is 0.168. The highest BCUT2D eigenvalue weighted by Crippen LogP contribution is 2.32. The van der Waals surface area contributed by atoms with Gasteiger partial charge in [-0.25, -0.2) is 4.98 Å². The largest absolute Gasteiger partial charge is 0.473 e. The number of nitrogen functional groups attached to an aromatic ring is 1. The molecule has 0 amide bonds. The maximum absolute atomic E-state index is 9.86. The molecule has 0 unspecified atom stereocenters. The summed E-state index contributed by atoms with van der Waals surface area (Å²) in [6.07, 6.45) is -0.821. The zero-order chi connectivity index (χ0) is 16.6. The highest BCUT2D eigenvalue weighted by molar-refractivity contribution is 5.77. The predicted octanol–water partition coefficient (Wildman–Crippen LogP) is -1.19. The smallest absolute Gasteiger partial charge is 0.247 e. The molecular formula is C13H19N5O5. The van der Waals surface area contributed by atoms with Crippen molar-refractivity contribution in [2.45, 2.75) is 37.9 Å². The summed E-state index contributed by atoms with van der Waals surface area (Å²) in [4.78, 5) is 12.3. The Kier molecular flexibility index (Phi) is 4.31. The number of hydrogen-bond acceptors (Lipinski definition) is 9. The van der Waals surface area contributed by atoms with Crippen molar-refractivity contribution in [2.24, 2.45) is 0 Å². The van der Waals surface area contributed by atoms with Gasteiger partial charge in [0.2, 0.25) is 11.8 Å². The molecule has 3 rings (SSSR count). The van der Waals surface area contributed by atoms with Crippen molar-refractivity contribution in [3.63, 3.8) is 0 Å². The molecule has 2 aromatic heterocycles. The molecule has 2 aromatic rings. The molecule has 0 saturated carbocycles. The van der Waals surface area contributed by atoms with Crippen LogP contribution in [0.4, 0.5) is 5.95 Å². The Balaban J connectivity index is 1.94. The number of aromatic nitrogens is 4. The number of ether oxygens (including phenoxy) is 2. The molecule has 23 heavy (non-hydrogen) atoms. The lowest BCUT2D eigenvalue weighted by molar-refractivity contribution is -0.0432. The van der Waals surface area contributed by atoms with Crippen LogP contribution in [0.25, 0.3) is 11.2 Å². The van der Waals surface area contributed by atoms with Gasteiger partial charge in [-0.15, -0.1) is 0 Å². The Labute approximate surface area is 131 Å². The van der Waals surface area contributed by atoms with Gasteiger partial charge in [0.05, 0.1) is 25.1 Å². The van der Waals surface area contributed by atoms with Gasteiger partial charge in [-0.05, 0) is 6.92 Å². The number of rotatable bonds is 5. The summed E-state index contributed by atoms with van der Waals surface area (Å²) < 4.78 is 12.6. The van der Waals surface area contributed by atoms with Gasteiger partial charge < -0.3 is 30.5 Å². The van der Waals surface area contributed by atoms with Crippen LogP contribution in [0.1, 0.15) is 19.6 Å². The monoisotopic (exact) mass is 325 g/mol. The van der Waals surface area contributed by atoms with E-state index in [4.69, 9.17) is 15.2 Å². The van der Waals surface area contributed by atoms with Crippen LogP contribution in [-0.2, 0) is 4.74 Å². The molecule has 0 radical (unpaired) electrons. The number of anilines is 1. The standard InChI is InChI=1S/C13H19N5O5/c1-6(20)4-22-12-10-11(16-13(14)17-12)18(5-15-10)9-2-7(21)8(3-19)23-9/h5-9,19-21H,2-4H2,1H3,(H2,14,16,17)/t6-,7+,8+,9+/m0/s1. The summed E-state index contributed by atoms with van der Waals surface area (Å²) in [5.41, 5.74) is 6.48. The fraction of sp³-hybridized carbons (Fsp3) is 0.615. The van der Waals surface area contributed by atoms with E-state index in [2.05, 4.69) is 15.0 Å². The van der Waals surface area contributed by atoms with E-state index in [1.54, 1.807) is 11.5 Å². The Hall–Kier alpha value is -2.01. The quantitative estimate of drug-likeness (QED) is 0.532. The minimum atomic E-state index is -0.771. The van der Waals surface area contributed by atoms with Crippen LogP contribution >= 0.6 is 0 Å². The Bertz CT molecular complexity index is 691. The third kappa shape index (κ3) is 3.06. The molecule has 1 fully saturated rings. The van der Waals surface area contributed by atoms with Gasteiger partial charge in [-0.1, -0.05) is 0 Å². The highest BCUT2D eigenvalue weighted by Gasteiger charge is 2.35. The second-order valence-corrected chi connectivity index (χ2v) is 5.49. The lowest BCUT2D eigenvalue weighted by atomic mass is 10.2. The number of fused-ring (bicyclic) bond motifs is 1. The average Bonchev–Trinajstić information content (AvgIpc) is 3.07. The highest BCUT2D eigenvalue weighted by atomic mass is 16.5. The third-order valence-corrected chi connectivity index (χ3v) is 3.56. The van der Waals surface area contributed by atoms with Gasteiger partial charge in [0.25, 0.3) is 0 Å². The predicted molar refractivity (Wildman–Crippen MR) is 78.5 cm³/mol. The van der Waals surface area contributed by atoms with Gasteiger partial charge in [0.15, 0.2) is 11.2 Å². The normalized spacial score (nSPS) is 25.8. The maximum Gasteiger partial charge on any atom is 0.247 e. The molecule has 3 heterocycles. The third-order valence-electron chi connectivity index (χ3n) is 3.56. The van der Waals surface area contributed by atoms with Crippen molar-refractivity contribution < 1.29 is 24.8 Å². The van der Waals surface area contributed by atoms with E-state index < -0.39 is 24.5 Å². The molecule has 0 spiro atoms. The van der Waals surface area contributed by atoms with Crippen LogP contribution in [0, 0.1) is 0 Å². The SMILES string of the molecule is C[C@H](O)COc1nc(N)nc2c1ncn2[C@H]1C[C@@H](O)[C@@H](CO)O1. The first kappa shape index (κ1) is 15.9. The summed E-state index contributed by atoms with van der Waals surface area (Å²) in [6, 6.07) is 0. The first-order valence-corrected chi connectivity index (χ1v) is 7.25. The first-order valence-electron chi connectivity index (χ1n) is 7.25. The molecule has 1 aliphatic rings. The van der Waals surface area contributed by atoms with Crippen LogP contribution in [0.3, 0.4) is 0 Å². The number of hydrogen-bond donors (Lipinski definition) is 4. The van der Waals surface area contributed by atoms with Crippen molar-refractivity contribution in [2.75, 3.05) is 18.9 Å². The van der Waals surface area contributed by atoms with E-state index >= 15 is 0 Å². The van der Waals surface area contributed by atoms with E-state index in [-0.39, 0.29) is 25.0 Å². The van der Waals surface area contributed by atoms with Crippen LogP contribution in [0.2, 0.25) is 0 Å². The van der Waals surface area contributed by atoms with Crippen molar-refractivity contribution >= 4 is 17.1 Å². The fourth-order valence-corrected chi connectivity index (χ4v) is 2.47. The lowest BCUT2D eigenvalue weighted by Crippen LogP contribution is -2.24. The van der Waals surface area contributed by atoms with Crippen LogP contribution in [0.5, 0.6) is 5.88 Å². The number of nitrogens with zero attached hydrogens (tertiary/aromatic N) is 4. The molecule has 10 heteroatoms. The molecule has 4 atom stereocenters. The zero-order valence-corrected chi connectivity index (χ0v) is 12.5. The Morgan fingerprint density at radius 2 is 2.30 bits per heavy atom. The second kappa shape index (κ2) is 6.24. The van der Waals surface area contributed by atoms with Gasteiger partial charge in [-0.3, -0.25) is 4.57 Å². The van der Waals surface area contributed by atoms with Gasteiger partial charge in [0.1, 0.15) is 18.9 Å². The van der Waals surface area contributed by atoms with Crippen molar-refractivity contribution in [1.82, 2.24) is 19.5 Å². The van der Waals surface area contributed by atoms with Gasteiger partial charge >= 0.3 is 0 Å². The van der Waals surface area contributed by atoms with Crippen molar-refractivity contribution in [3.8, 4) is 5.88 Å². The van der Waals surface area contributed by atoms with Crippen LogP contribution in [0.15, 0.2) is 6.33 Å². The molecule has 1 aliphatic heterocycles. The molecule has 10 nitrogen and oxygen atoms in total. The van der Waals surface area contributed by atoms with Crippen LogP contribution in [-0.4, -0.2) is 66.4 Å². The van der Waals surface area contributed by atoms with Crippen LogP contribution < -0.4 is 10.5 Å². The fourth-order valence-electron chi connectivity index (χ4n) is 2.47. The van der Waals surface area contributed by atoms with E-state index in [0.29, 0.717) is 17.6 Å². The van der Waals surface area contributed by atoms with E-state index in [9.17, 15) is 15.3 Å². The minimum absolute atomic E-state index is 0.00269.